The topological polar surface area (TPSA) is 72.6 Å². The summed E-state index contributed by atoms with van der Waals surface area (Å²) < 4.78 is 11.7. The third-order valence-corrected chi connectivity index (χ3v) is 5.16. The number of hydrogen-bond donors (Lipinski definition) is 0. The minimum atomic E-state index is -0.433. The van der Waals surface area contributed by atoms with Crippen LogP contribution in [0.15, 0.2) is 47.1 Å². The minimum absolute atomic E-state index is 0.0571. The number of carbonyl (C=O) groups is 2. The van der Waals surface area contributed by atoms with Crippen LogP contribution in [0.2, 0.25) is 0 Å². The van der Waals surface area contributed by atoms with Crippen LogP contribution in [-0.4, -0.2) is 28.3 Å². The number of fused-ring (bicyclic) bond motifs is 1. The average molecular weight is 356 g/mol. The van der Waals surface area contributed by atoms with Crippen molar-refractivity contribution in [2.24, 2.45) is 5.92 Å². The number of likely N-dealkylation sites (tertiary alicyclic amines) is 1. The van der Waals surface area contributed by atoms with Crippen molar-refractivity contribution in [3.8, 4) is 0 Å². The van der Waals surface area contributed by atoms with Crippen LogP contribution in [0.1, 0.15) is 17.2 Å². The Bertz CT molecular complexity index is 870. The molecule has 1 fully saturated rings. The maximum atomic E-state index is 12.3. The molecule has 3 heterocycles. The van der Waals surface area contributed by atoms with E-state index in [1.807, 2.05) is 30.3 Å². The fraction of sp³-hybridized carbons (Fsp3) is 0.278. The number of aromatic nitrogens is 1. The van der Waals surface area contributed by atoms with Gasteiger partial charge in [0, 0.05) is 13.0 Å². The van der Waals surface area contributed by atoms with Crippen LogP contribution in [0.5, 0.6) is 0 Å². The molecule has 0 saturated carbocycles. The molecule has 1 aliphatic heterocycles. The summed E-state index contributed by atoms with van der Waals surface area (Å²) in [4.78, 5) is 30.4. The lowest BCUT2D eigenvalue weighted by atomic mass is 10.1. The molecule has 4 rings (SSSR count). The van der Waals surface area contributed by atoms with Gasteiger partial charge in [-0.05, 0) is 24.3 Å². The van der Waals surface area contributed by atoms with Crippen molar-refractivity contribution >= 4 is 33.4 Å². The molecular formula is C18H16N2O4S. The highest BCUT2D eigenvalue weighted by Gasteiger charge is 2.35. The van der Waals surface area contributed by atoms with Gasteiger partial charge in [-0.1, -0.05) is 12.1 Å². The Morgan fingerprint density at radius 1 is 1.32 bits per heavy atom. The maximum absolute atomic E-state index is 12.3. The molecule has 1 aliphatic rings. The van der Waals surface area contributed by atoms with Gasteiger partial charge in [0.2, 0.25) is 5.91 Å². The first kappa shape index (κ1) is 15.8. The van der Waals surface area contributed by atoms with E-state index < -0.39 is 5.92 Å². The Labute approximate surface area is 148 Å². The van der Waals surface area contributed by atoms with E-state index in [0.717, 1.165) is 15.2 Å². The van der Waals surface area contributed by atoms with Gasteiger partial charge >= 0.3 is 5.97 Å². The molecule has 0 N–H and O–H groups in total. The van der Waals surface area contributed by atoms with Crippen molar-refractivity contribution in [3.05, 3.63) is 53.4 Å². The van der Waals surface area contributed by atoms with Crippen LogP contribution in [0.4, 0.5) is 0 Å². The number of nitrogens with zero attached hydrogens (tertiary/aromatic N) is 2. The van der Waals surface area contributed by atoms with E-state index in [1.54, 1.807) is 17.2 Å². The SMILES string of the molecule is O=C(OCc1nc2ccccc2s1)C1CC(=O)N(Cc2ccco2)C1. The first-order valence-electron chi connectivity index (χ1n) is 8.00. The molecule has 1 aromatic carbocycles. The third kappa shape index (κ3) is 3.41. The quantitative estimate of drug-likeness (QED) is 0.657. The smallest absolute Gasteiger partial charge is 0.311 e. The lowest BCUT2D eigenvalue weighted by Gasteiger charge is -2.14. The second kappa shape index (κ2) is 6.68. The van der Waals surface area contributed by atoms with Gasteiger partial charge in [-0.25, -0.2) is 4.98 Å². The Hall–Kier alpha value is -2.67. The van der Waals surface area contributed by atoms with E-state index in [2.05, 4.69) is 4.98 Å². The van der Waals surface area contributed by atoms with Gasteiger partial charge in [-0.3, -0.25) is 9.59 Å². The van der Waals surface area contributed by atoms with E-state index in [-0.39, 0.29) is 24.9 Å². The van der Waals surface area contributed by atoms with Gasteiger partial charge in [-0.2, -0.15) is 0 Å². The molecule has 1 unspecified atom stereocenters. The third-order valence-electron chi connectivity index (χ3n) is 4.15. The Morgan fingerprint density at radius 2 is 2.20 bits per heavy atom. The molecule has 0 aliphatic carbocycles. The summed E-state index contributed by atoms with van der Waals surface area (Å²) in [5.74, 6) is -0.137. The predicted molar refractivity (Wildman–Crippen MR) is 91.6 cm³/mol. The molecular weight excluding hydrogens is 340 g/mol. The van der Waals surface area contributed by atoms with E-state index in [9.17, 15) is 9.59 Å². The standard InChI is InChI=1S/C18H16N2O4S/c21-17-8-12(9-20(17)10-13-4-3-7-23-13)18(22)24-11-16-19-14-5-1-2-6-15(14)25-16/h1-7,12H,8-11H2. The molecule has 1 saturated heterocycles. The van der Waals surface area contributed by atoms with Gasteiger partial charge in [0.05, 0.1) is 28.9 Å². The largest absolute Gasteiger partial charge is 0.467 e. The zero-order valence-electron chi connectivity index (χ0n) is 13.4. The van der Waals surface area contributed by atoms with Crippen molar-refractivity contribution in [1.82, 2.24) is 9.88 Å². The maximum Gasteiger partial charge on any atom is 0.311 e. The molecule has 25 heavy (non-hydrogen) atoms. The van der Waals surface area contributed by atoms with E-state index >= 15 is 0 Å². The Balaban J connectivity index is 1.34. The second-order valence-corrected chi connectivity index (χ2v) is 7.05. The Morgan fingerprint density at radius 3 is 3.00 bits per heavy atom. The highest BCUT2D eigenvalue weighted by Crippen LogP contribution is 2.24. The molecule has 1 amide bonds. The lowest BCUT2D eigenvalue weighted by Crippen LogP contribution is -2.26. The van der Waals surface area contributed by atoms with E-state index in [1.165, 1.54) is 11.3 Å². The summed E-state index contributed by atoms with van der Waals surface area (Å²) in [5, 5.41) is 0.756. The van der Waals surface area contributed by atoms with Crippen LogP contribution in [-0.2, 0) is 27.5 Å². The number of carbonyl (C=O) groups excluding carboxylic acids is 2. The fourth-order valence-electron chi connectivity index (χ4n) is 2.91. The summed E-state index contributed by atoms with van der Waals surface area (Å²) in [6.45, 7) is 0.882. The first-order chi connectivity index (χ1) is 12.2. The minimum Gasteiger partial charge on any atom is -0.467 e. The van der Waals surface area contributed by atoms with Gasteiger partial charge in [0.15, 0.2) is 0 Å². The number of para-hydroxylation sites is 1. The molecule has 6 nitrogen and oxygen atoms in total. The number of thiazole rings is 1. The van der Waals surface area contributed by atoms with Crippen LogP contribution in [0.25, 0.3) is 10.2 Å². The molecule has 0 bridgehead atoms. The lowest BCUT2D eigenvalue weighted by molar-refractivity contribution is -0.149. The monoisotopic (exact) mass is 356 g/mol. The normalized spacial score (nSPS) is 17.4. The van der Waals surface area contributed by atoms with Crippen molar-refractivity contribution < 1.29 is 18.7 Å². The summed E-state index contributed by atoms with van der Waals surface area (Å²) in [6, 6.07) is 11.4. The van der Waals surface area contributed by atoms with E-state index in [4.69, 9.17) is 9.15 Å². The highest BCUT2D eigenvalue weighted by molar-refractivity contribution is 7.18. The number of furan rings is 1. The first-order valence-corrected chi connectivity index (χ1v) is 8.82. The van der Waals surface area contributed by atoms with Crippen molar-refractivity contribution in [1.29, 1.82) is 0 Å². The molecule has 1 atom stereocenters. The summed E-state index contributed by atoms with van der Waals surface area (Å²) in [5.41, 5.74) is 0.902. The van der Waals surface area contributed by atoms with E-state index in [0.29, 0.717) is 18.8 Å². The van der Waals surface area contributed by atoms with Crippen molar-refractivity contribution in [2.45, 2.75) is 19.6 Å². The van der Waals surface area contributed by atoms with Crippen LogP contribution < -0.4 is 0 Å². The number of rotatable bonds is 5. The van der Waals surface area contributed by atoms with Gasteiger partial charge in [0.1, 0.15) is 17.4 Å². The van der Waals surface area contributed by atoms with Gasteiger partial charge in [-0.15, -0.1) is 11.3 Å². The summed E-state index contributed by atoms with van der Waals surface area (Å²) in [7, 11) is 0. The number of amides is 1. The molecule has 0 spiro atoms. The number of benzene rings is 1. The summed E-state index contributed by atoms with van der Waals surface area (Å²) >= 11 is 1.51. The molecule has 2 aromatic heterocycles. The summed E-state index contributed by atoms with van der Waals surface area (Å²) in [6.07, 6.45) is 1.75. The second-order valence-electron chi connectivity index (χ2n) is 5.94. The Kier molecular flexibility index (Phi) is 4.23. The predicted octanol–water partition coefficient (Wildman–Crippen LogP) is 2.98. The van der Waals surface area contributed by atoms with Crippen LogP contribution in [0, 0.1) is 5.92 Å². The number of esters is 1. The van der Waals surface area contributed by atoms with Gasteiger partial charge in [0.25, 0.3) is 0 Å². The zero-order chi connectivity index (χ0) is 17.2. The average Bonchev–Trinajstić information content (AvgIpc) is 3.33. The fourth-order valence-corrected chi connectivity index (χ4v) is 3.79. The number of ether oxygens (including phenoxy) is 1. The molecule has 3 aromatic rings. The van der Waals surface area contributed by atoms with Crippen LogP contribution >= 0.6 is 11.3 Å². The van der Waals surface area contributed by atoms with Gasteiger partial charge < -0.3 is 14.1 Å². The number of hydrogen-bond acceptors (Lipinski definition) is 6. The molecule has 7 heteroatoms. The zero-order valence-corrected chi connectivity index (χ0v) is 14.2. The van der Waals surface area contributed by atoms with Crippen molar-refractivity contribution in [3.63, 3.8) is 0 Å². The molecule has 0 radical (unpaired) electrons. The molecule has 128 valence electrons. The van der Waals surface area contributed by atoms with Crippen LogP contribution in [0.3, 0.4) is 0 Å². The highest BCUT2D eigenvalue weighted by atomic mass is 32.1. The van der Waals surface area contributed by atoms with Crippen molar-refractivity contribution in [2.75, 3.05) is 6.54 Å².